The lowest BCUT2D eigenvalue weighted by atomic mass is 9.94. The largest absolute Gasteiger partial charge is 0.382 e. The highest BCUT2D eigenvalue weighted by Gasteiger charge is 2.24. The molecule has 0 aromatic heterocycles. The van der Waals surface area contributed by atoms with E-state index in [4.69, 9.17) is 4.74 Å². The van der Waals surface area contributed by atoms with Crippen LogP contribution in [0.3, 0.4) is 0 Å². The van der Waals surface area contributed by atoms with Crippen molar-refractivity contribution in [3.8, 4) is 0 Å². The van der Waals surface area contributed by atoms with Crippen molar-refractivity contribution in [1.29, 1.82) is 0 Å². The van der Waals surface area contributed by atoms with Crippen molar-refractivity contribution >= 4 is 5.69 Å². The number of fused-ring (bicyclic) bond motifs is 1. The van der Waals surface area contributed by atoms with E-state index in [0.717, 1.165) is 13.0 Å². The summed E-state index contributed by atoms with van der Waals surface area (Å²) in [6.07, 6.45) is 1.32. The molecule has 0 saturated carbocycles. The Kier molecular flexibility index (Phi) is 2.96. The van der Waals surface area contributed by atoms with E-state index in [1.165, 1.54) is 16.8 Å². The zero-order valence-electron chi connectivity index (χ0n) is 9.71. The maximum atomic E-state index is 5.79. The van der Waals surface area contributed by atoms with Crippen LogP contribution in [0.5, 0.6) is 0 Å². The molecule has 0 fully saturated rings. The lowest BCUT2D eigenvalue weighted by Gasteiger charge is -2.31. The molecule has 82 valence electrons. The fourth-order valence-electron chi connectivity index (χ4n) is 2.21. The number of ether oxygens (including phenoxy) is 1. The highest BCUT2D eigenvalue weighted by Crippen LogP contribution is 2.35. The second-order valence-corrected chi connectivity index (χ2v) is 4.32. The molecule has 2 unspecified atom stereocenters. The van der Waals surface area contributed by atoms with Crippen LogP contribution in [-0.4, -0.2) is 12.6 Å². The molecule has 2 heteroatoms. The fraction of sp³-hybridized carbons (Fsp3) is 0.538. The predicted molar refractivity (Wildman–Crippen MR) is 63.2 cm³/mol. The highest BCUT2D eigenvalue weighted by molar-refractivity contribution is 5.56. The summed E-state index contributed by atoms with van der Waals surface area (Å²) in [6, 6.07) is 7.03. The Labute approximate surface area is 91.6 Å². The van der Waals surface area contributed by atoms with E-state index >= 15 is 0 Å². The lowest BCUT2D eigenvalue weighted by Crippen LogP contribution is -2.26. The van der Waals surface area contributed by atoms with E-state index in [1.54, 1.807) is 0 Å². The molecule has 1 heterocycles. The Balaban J connectivity index is 2.34. The van der Waals surface area contributed by atoms with Crippen LogP contribution < -0.4 is 5.32 Å². The average Bonchev–Trinajstić information content (AvgIpc) is 2.19. The number of aryl methyl sites for hydroxylation is 1. The van der Waals surface area contributed by atoms with Gasteiger partial charge < -0.3 is 10.1 Å². The summed E-state index contributed by atoms with van der Waals surface area (Å²) in [5.41, 5.74) is 3.85. The molecular formula is C13H19NO. The molecule has 0 radical (unpaired) electrons. The van der Waals surface area contributed by atoms with Crippen LogP contribution in [-0.2, 0) is 4.74 Å². The minimum atomic E-state index is 0.265. The van der Waals surface area contributed by atoms with Crippen LogP contribution in [0.1, 0.15) is 37.5 Å². The molecule has 15 heavy (non-hydrogen) atoms. The van der Waals surface area contributed by atoms with Gasteiger partial charge >= 0.3 is 0 Å². The number of hydrogen-bond acceptors (Lipinski definition) is 2. The maximum absolute atomic E-state index is 5.79. The van der Waals surface area contributed by atoms with Crippen LogP contribution >= 0.6 is 0 Å². The minimum Gasteiger partial charge on any atom is -0.382 e. The molecular weight excluding hydrogens is 186 g/mol. The number of nitrogens with one attached hydrogen (secondary N) is 1. The van der Waals surface area contributed by atoms with Gasteiger partial charge in [0.2, 0.25) is 0 Å². The molecule has 1 aromatic carbocycles. The van der Waals surface area contributed by atoms with Crippen molar-refractivity contribution in [2.75, 3.05) is 11.9 Å². The first-order chi connectivity index (χ1) is 7.20. The standard InChI is InChI=1S/C13H19NO/c1-4-15-13-8-10(3)14-12-6-5-9(2)7-11(12)13/h5-7,10,13-14H,4,8H2,1-3H3. The molecule has 1 aliphatic rings. The van der Waals surface area contributed by atoms with Gasteiger partial charge in [0, 0.05) is 23.9 Å². The second kappa shape index (κ2) is 4.23. The van der Waals surface area contributed by atoms with Gasteiger partial charge in [-0.3, -0.25) is 0 Å². The van der Waals surface area contributed by atoms with Crippen molar-refractivity contribution in [1.82, 2.24) is 0 Å². The Bertz CT molecular complexity index is 348. The fourth-order valence-corrected chi connectivity index (χ4v) is 2.21. The molecule has 1 N–H and O–H groups in total. The third kappa shape index (κ3) is 2.15. The van der Waals surface area contributed by atoms with Crippen LogP contribution in [0.15, 0.2) is 18.2 Å². The quantitative estimate of drug-likeness (QED) is 0.800. The summed E-state index contributed by atoms with van der Waals surface area (Å²) in [4.78, 5) is 0. The minimum absolute atomic E-state index is 0.265. The number of benzene rings is 1. The monoisotopic (exact) mass is 205 g/mol. The van der Waals surface area contributed by atoms with Crippen molar-refractivity contribution < 1.29 is 4.74 Å². The molecule has 0 saturated heterocycles. The van der Waals surface area contributed by atoms with Crippen molar-refractivity contribution in [3.63, 3.8) is 0 Å². The summed E-state index contributed by atoms with van der Waals surface area (Å²) >= 11 is 0. The molecule has 1 aliphatic heterocycles. The van der Waals surface area contributed by atoms with Gasteiger partial charge in [0.15, 0.2) is 0 Å². The average molecular weight is 205 g/mol. The van der Waals surface area contributed by atoms with Crippen molar-refractivity contribution in [2.45, 2.75) is 39.3 Å². The first-order valence-corrected chi connectivity index (χ1v) is 5.69. The van der Waals surface area contributed by atoms with E-state index < -0.39 is 0 Å². The smallest absolute Gasteiger partial charge is 0.0864 e. The number of rotatable bonds is 2. The predicted octanol–water partition coefficient (Wildman–Crippen LogP) is 3.28. The maximum Gasteiger partial charge on any atom is 0.0864 e. The van der Waals surface area contributed by atoms with Crippen LogP contribution in [0.2, 0.25) is 0 Å². The molecule has 0 bridgehead atoms. The Morgan fingerprint density at radius 3 is 3.00 bits per heavy atom. The zero-order valence-corrected chi connectivity index (χ0v) is 9.71. The molecule has 2 atom stereocenters. The Hall–Kier alpha value is -1.02. The summed E-state index contributed by atoms with van der Waals surface area (Å²) < 4.78 is 5.79. The van der Waals surface area contributed by atoms with Gasteiger partial charge in [0.25, 0.3) is 0 Å². The van der Waals surface area contributed by atoms with Gasteiger partial charge in [0.1, 0.15) is 0 Å². The van der Waals surface area contributed by atoms with Crippen LogP contribution in [0.25, 0.3) is 0 Å². The first kappa shape index (κ1) is 10.5. The van der Waals surface area contributed by atoms with Crippen LogP contribution in [0, 0.1) is 6.92 Å². The summed E-state index contributed by atoms with van der Waals surface area (Å²) in [6.45, 7) is 7.17. The highest BCUT2D eigenvalue weighted by atomic mass is 16.5. The topological polar surface area (TPSA) is 21.3 Å². The van der Waals surface area contributed by atoms with Crippen molar-refractivity contribution in [3.05, 3.63) is 29.3 Å². The van der Waals surface area contributed by atoms with Gasteiger partial charge in [-0.05, 0) is 33.3 Å². The molecule has 0 amide bonds. The summed E-state index contributed by atoms with van der Waals surface area (Å²) in [5.74, 6) is 0. The number of hydrogen-bond donors (Lipinski definition) is 1. The zero-order chi connectivity index (χ0) is 10.8. The normalized spacial score (nSPS) is 24.5. The molecule has 2 rings (SSSR count). The van der Waals surface area contributed by atoms with Gasteiger partial charge in [-0.1, -0.05) is 17.7 Å². The lowest BCUT2D eigenvalue weighted by molar-refractivity contribution is 0.0512. The molecule has 0 aliphatic carbocycles. The van der Waals surface area contributed by atoms with Crippen LogP contribution in [0.4, 0.5) is 5.69 Å². The van der Waals surface area contributed by atoms with E-state index in [1.807, 2.05) is 0 Å². The van der Waals surface area contributed by atoms with E-state index in [9.17, 15) is 0 Å². The van der Waals surface area contributed by atoms with E-state index in [2.05, 4.69) is 44.3 Å². The van der Waals surface area contributed by atoms with Gasteiger partial charge in [0.05, 0.1) is 6.10 Å². The Morgan fingerprint density at radius 1 is 1.47 bits per heavy atom. The third-order valence-corrected chi connectivity index (χ3v) is 2.89. The summed E-state index contributed by atoms with van der Waals surface area (Å²) in [7, 11) is 0. The SMILES string of the molecule is CCOC1CC(C)Nc2ccc(C)cc21. The van der Waals surface area contributed by atoms with E-state index in [0.29, 0.717) is 6.04 Å². The van der Waals surface area contributed by atoms with Gasteiger partial charge in [-0.25, -0.2) is 0 Å². The van der Waals surface area contributed by atoms with Gasteiger partial charge in [-0.15, -0.1) is 0 Å². The first-order valence-electron chi connectivity index (χ1n) is 5.69. The van der Waals surface area contributed by atoms with Gasteiger partial charge in [-0.2, -0.15) is 0 Å². The molecule has 0 spiro atoms. The van der Waals surface area contributed by atoms with Crippen molar-refractivity contribution in [2.24, 2.45) is 0 Å². The third-order valence-electron chi connectivity index (χ3n) is 2.89. The second-order valence-electron chi connectivity index (χ2n) is 4.32. The van der Waals surface area contributed by atoms with E-state index in [-0.39, 0.29) is 6.10 Å². The molecule has 1 aromatic rings. The Morgan fingerprint density at radius 2 is 2.27 bits per heavy atom. The molecule has 2 nitrogen and oxygen atoms in total. The summed E-state index contributed by atoms with van der Waals surface area (Å²) in [5, 5.41) is 3.50. The number of anilines is 1.